The van der Waals surface area contributed by atoms with Crippen LogP contribution in [0.25, 0.3) is 5.57 Å². The third kappa shape index (κ3) is 5.70. The largest absolute Gasteiger partial charge is 0.494 e. The molecule has 1 fully saturated rings. The van der Waals surface area contributed by atoms with Crippen LogP contribution in [0.5, 0.6) is 5.75 Å². The molecule has 1 aromatic rings. The van der Waals surface area contributed by atoms with Crippen LogP contribution in [0.4, 0.5) is 0 Å². The van der Waals surface area contributed by atoms with Gasteiger partial charge in [0.15, 0.2) is 0 Å². The molecule has 1 aliphatic rings. The first-order chi connectivity index (χ1) is 11.7. The molecule has 0 atom stereocenters. The summed E-state index contributed by atoms with van der Waals surface area (Å²) < 4.78 is 10.9. The van der Waals surface area contributed by atoms with E-state index in [9.17, 15) is 4.79 Å². The maximum absolute atomic E-state index is 12.0. The van der Waals surface area contributed by atoms with Crippen molar-refractivity contribution in [1.29, 1.82) is 0 Å². The van der Waals surface area contributed by atoms with E-state index >= 15 is 0 Å². The van der Waals surface area contributed by atoms with Gasteiger partial charge in [-0.1, -0.05) is 44.7 Å². The standard InChI is InChI=1S/C21H30O3/c1-3-5-15-24-19-13-11-18(12-14-19)20(16-21(22)23-4-2)17-9-7-6-8-10-17/h11-14,16-17H,3-10,15H2,1-2H3. The predicted molar refractivity (Wildman–Crippen MR) is 98.0 cm³/mol. The Morgan fingerprint density at radius 2 is 1.83 bits per heavy atom. The lowest BCUT2D eigenvalue weighted by Gasteiger charge is -2.25. The first-order valence-corrected chi connectivity index (χ1v) is 9.36. The van der Waals surface area contributed by atoms with E-state index in [0.29, 0.717) is 12.5 Å². The highest BCUT2D eigenvalue weighted by atomic mass is 16.5. The average molecular weight is 330 g/mol. The van der Waals surface area contributed by atoms with E-state index in [1.807, 2.05) is 19.1 Å². The molecule has 0 aromatic heterocycles. The number of rotatable bonds is 8. The van der Waals surface area contributed by atoms with Crippen molar-refractivity contribution in [2.75, 3.05) is 13.2 Å². The maximum Gasteiger partial charge on any atom is 0.331 e. The summed E-state index contributed by atoms with van der Waals surface area (Å²) in [6, 6.07) is 8.15. The molecule has 0 aliphatic heterocycles. The van der Waals surface area contributed by atoms with Crippen molar-refractivity contribution in [3.05, 3.63) is 35.9 Å². The van der Waals surface area contributed by atoms with Crippen molar-refractivity contribution < 1.29 is 14.3 Å². The lowest BCUT2D eigenvalue weighted by Crippen LogP contribution is -2.11. The van der Waals surface area contributed by atoms with E-state index in [1.165, 1.54) is 19.3 Å². The Morgan fingerprint density at radius 1 is 1.12 bits per heavy atom. The zero-order chi connectivity index (χ0) is 17.2. The molecule has 0 amide bonds. The van der Waals surface area contributed by atoms with Gasteiger partial charge in [-0.05, 0) is 55.4 Å². The molecule has 0 heterocycles. The number of unbranched alkanes of at least 4 members (excludes halogenated alkanes) is 1. The van der Waals surface area contributed by atoms with Crippen molar-refractivity contribution in [3.8, 4) is 5.75 Å². The molecular formula is C21H30O3. The molecular weight excluding hydrogens is 300 g/mol. The summed E-state index contributed by atoms with van der Waals surface area (Å²) in [6.07, 6.45) is 9.98. The molecule has 1 saturated carbocycles. The lowest BCUT2D eigenvalue weighted by atomic mass is 9.81. The summed E-state index contributed by atoms with van der Waals surface area (Å²) in [7, 11) is 0. The van der Waals surface area contributed by atoms with E-state index < -0.39 is 0 Å². The smallest absolute Gasteiger partial charge is 0.331 e. The van der Waals surface area contributed by atoms with Gasteiger partial charge in [-0.3, -0.25) is 0 Å². The second-order valence-corrected chi connectivity index (χ2v) is 6.41. The minimum atomic E-state index is -0.235. The summed E-state index contributed by atoms with van der Waals surface area (Å²) in [5.74, 6) is 1.11. The summed E-state index contributed by atoms with van der Waals surface area (Å²) in [6.45, 7) is 5.17. The van der Waals surface area contributed by atoms with Gasteiger partial charge in [-0.2, -0.15) is 0 Å². The second kappa shape index (κ2) is 10.2. The van der Waals surface area contributed by atoms with Gasteiger partial charge in [0, 0.05) is 6.08 Å². The Kier molecular flexibility index (Phi) is 7.87. The molecule has 0 saturated heterocycles. The molecule has 132 valence electrons. The number of hydrogen-bond acceptors (Lipinski definition) is 3. The molecule has 1 aromatic carbocycles. The van der Waals surface area contributed by atoms with E-state index in [2.05, 4.69) is 19.1 Å². The number of benzene rings is 1. The van der Waals surface area contributed by atoms with Crippen LogP contribution in [-0.2, 0) is 9.53 Å². The highest BCUT2D eigenvalue weighted by Crippen LogP contribution is 2.36. The number of carbonyl (C=O) groups is 1. The number of esters is 1. The Labute approximate surface area is 146 Å². The lowest BCUT2D eigenvalue weighted by molar-refractivity contribution is -0.137. The molecule has 2 rings (SSSR count). The van der Waals surface area contributed by atoms with E-state index in [1.54, 1.807) is 6.08 Å². The van der Waals surface area contributed by atoms with Gasteiger partial charge >= 0.3 is 5.97 Å². The van der Waals surface area contributed by atoms with Crippen LogP contribution in [0.1, 0.15) is 64.4 Å². The van der Waals surface area contributed by atoms with Crippen LogP contribution in [0.15, 0.2) is 30.3 Å². The first kappa shape index (κ1) is 18.6. The van der Waals surface area contributed by atoms with Crippen LogP contribution >= 0.6 is 0 Å². The van der Waals surface area contributed by atoms with Crippen LogP contribution in [-0.4, -0.2) is 19.2 Å². The van der Waals surface area contributed by atoms with Crippen molar-refractivity contribution in [2.24, 2.45) is 5.92 Å². The quantitative estimate of drug-likeness (QED) is 0.364. The van der Waals surface area contributed by atoms with E-state index in [0.717, 1.165) is 49.2 Å². The molecule has 0 unspecified atom stereocenters. The Hall–Kier alpha value is -1.77. The van der Waals surface area contributed by atoms with Gasteiger partial charge in [-0.15, -0.1) is 0 Å². The van der Waals surface area contributed by atoms with Gasteiger partial charge in [0.05, 0.1) is 13.2 Å². The van der Waals surface area contributed by atoms with Gasteiger partial charge < -0.3 is 9.47 Å². The molecule has 0 N–H and O–H groups in total. The molecule has 0 radical (unpaired) electrons. The van der Waals surface area contributed by atoms with Crippen LogP contribution in [0, 0.1) is 5.92 Å². The molecule has 3 heteroatoms. The Bertz CT molecular complexity index is 525. The number of allylic oxidation sites excluding steroid dienone is 1. The van der Waals surface area contributed by atoms with Gasteiger partial charge in [0.1, 0.15) is 5.75 Å². The Morgan fingerprint density at radius 3 is 2.46 bits per heavy atom. The molecule has 3 nitrogen and oxygen atoms in total. The third-order valence-corrected chi connectivity index (χ3v) is 4.56. The van der Waals surface area contributed by atoms with Crippen LogP contribution in [0.2, 0.25) is 0 Å². The number of ether oxygens (including phenoxy) is 2. The topological polar surface area (TPSA) is 35.5 Å². The fourth-order valence-electron chi connectivity index (χ4n) is 3.24. The number of carbonyl (C=O) groups excluding carboxylic acids is 1. The average Bonchev–Trinajstić information content (AvgIpc) is 2.62. The third-order valence-electron chi connectivity index (χ3n) is 4.56. The van der Waals surface area contributed by atoms with Crippen molar-refractivity contribution in [1.82, 2.24) is 0 Å². The molecule has 24 heavy (non-hydrogen) atoms. The minimum absolute atomic E-state index is 0.235. The van der Waals surface area contributed by atoms with E-state index in [-0.39, 0.29) is 5.97 Å². The van der Waals surface area contributed by atoms with Crippen molar-refractivity contribution in [2.45, 2.75) is 58.8 Å². The van der Waals surface area contributed by atoms with Crippen LogP contribution in [0.3, 0.4) is 0 Å². The van der Waals surface area contributed by atoms with Gasteiger partial charge in [0.25, 0.3) is 0 Å². The summed E-state index contributed by atoms with van der Waals surface area (Å²) in [4.78, 5) is 12.0. The van der Waals surface area contributed by atoms with Crippen LogP contribution < -0.4 is 4.74 Å². The minimum Gasteiger partial charge on any atom is -0.494 e. The zero-order valence-electron chi connectivity index (χ0n) is 15.1. The maximum atomic E-state index is 12.0. The van der Waals surface area contributed by atoms with Gasteiger partial charge in [0.2, 0.25) is 0 Å². The highest BCUT2D eigenvalue weighted by molar-refractivity contribution is 5.92. The number of hydrogen-bond donors (Lipinski definition) is 0. The zero-order valence-corrected chi connectivity index (χ0v) is 15.1. The fourth-order valence-corrected chi connectivity index (χ4v) is 3.24. The molecule has 1 aliphatic carbocycles. The predicted octanol–water partition coefficient (Wildman–Crippen LogP) is 5.39. The summed E-state index contributed by atoms with van der Waals surface area (Å²) in [5, 5.41) is 0. The normalized spacial score (nSPS) is 16.0. The first-order valence-electron chi connectivity index (χ1n) is 9.36. The monoisotopic (exact) mass is 330 g/mol. The molecule has 0 bridgehead atoms. The molecule has 0 spiro atoms. The SMILES string of the molecule is CCCCOc1ccc(C(=CC(=O)OCC)C2CCCCC2)cc1. The van der Waals surface area contributed by atoms with Crippen molar-refractivity contribution in [3.63, 3.8) is 0 Å². The highest BCUT2D eigenvalue weighted by Gasteiger charge is 2.20. The fraction of sp³-hybridized carbons (Fsp3) is 0.571. The Balaban J connectivity index is 2.14. The van der Waals surface area contributed by atoms with E-state index in [4.69, 9.17) is 9.47 Å². The van der Waals surface area contributed by atoms with Gasteiger partial charge in [-0.25, -0.2) is 4.79 Å². The summed E-state index contributed by atoms with van der Waals surface area (Å²) in [5.41, 5.74) is 2.23. The summed E-state index contributed by atoms with van der Waals surface area (Å²) >= 11 is 0. The van der Waals surface area contributed by atoms with Crippen molar-refractivity contribution >= 4 is 11.5 Å². The second-order valence-electron chi connectivity index (χ2n) is 6.41.